The van der Waals surface area contributed by atoms with E-state index in [9.17, 15) is 19.7 Å². The number of nitro groups is 1. The second kappa shape index (κ2) is 9.91. The summed E-state index contributed by atoms with van der Waals surface area (Å²) >= 11 is 0. The number of aromatic nitrogens is 2. The Hall–Kier alpha value is -4.93. The Kier molecular flexibility index (Phi) is 6.58. The van der Waals surface area contributed by atoms with Gasteiger partial charge in [-0.2, -0.15) is 5.10 Å². The van der Waals surface area contributed by atoms with Gasteiger partial charge in [0.2, 0.25) is 5.75 Å². The molecule has 4 rings (SSSR count). The quantitative estimate of drug-likeness (QED) is 0.234. The van der Waals surface area contributed by atoms with Crippen molar-refractivity contribution in [3.63, 3.8) is 0 Å². The summed E-state index contributed by atoms with van der Waals surface area (Å²) in [4.78, 5) is 38.0. The lowest BCUT2D eigenvalue weighted by Gasteiger charge is -2.15. The van der Waals surface area contributed by atoms with E-state index in [4.69, 9.17) is 14.2 Å². The highest BCUT2D eigenvalue weighted by Crippen LogP contribution is 2.38. The molecule has 0 aliphatic carbocycles. The first-order valence-corrected chi connectivity index (χ1v) is 10.3. The van der Waals surface area contributed by atoms with E-state index in [0.717, 1.165) is 4.68 Å². The summed E-state index contributed by atoms with van der Waals surface area (Å²) in [7, 11) is 2.90. The second-order valence-electron chi connectivity index (χ2n) is 7.30. The fourth-order valence-corrected chi connectivity index (χ4v) is 3.37. The fraction of sp³-hybridized carbons (Fsp3) is 0.125. The molecule has 0 amide bonds. The first-order chi connectivity index (χ1) is 16.9. The van der Waals surface area contributed by atoms with Gasteiger partial charge in [-0.15, -0.1) is 4.68 Å². The maximum absolute atomic E-state index is 12.7. The highest BCUT2D eigenvalue weighted by Gasteiger charge is 2.15. The first kappa shape index (κ1) is 23.2. The van der Waals surface area contributed by atoms with Crippen LogP contribution in [0.15, 0.2) is 75.4 Å². The Morgan fingerprint density at radius 1 is 1.03 bits per heavy atom. The predicted molar refractivity (Wildman–Crippen MR) is 129 cm³/mol. The molecular weight excluding hydrogens is 456 g/mol. The molecule has 0 unspecified atom stereocenters. The Balaban J connectivity index is 1.62. The van der Waals surface area contributed by atoms with Gasteiger partial charge >= 0.3 is 5.69 Å². The number of rotatable bonds is 8. The molecule has 0 aliphatic rings. The van der Waals surface area contributed by atoms with Crippen LogP contribution in [-0.4, -0.2) is 35.0 Å². The van der Waals surface area contributed by atoms with E-state index in [1.54, 1.807) is 48.5 Å². The van der Waals surface area contributed by atoms with Crippen molar-refractivity contribution >= 4 is 22.8 Å². The molecule has 0 saturated heterocycles. The molecular formula is C24H20N4O7. The molecule has 1 aromatic heterocycles. The Morgan fingerprint density at radius 3 is 2.31 bits per heavy atom. The van der Waals surface area contributed by atoms with E-state index < -0.39 is 16.2 Å². The molecule has 0 spiro atoms. The zero-order chi connectivity index (χ0) is 24.9. The third-order valence-electron chi connectivity index (χ3n) is 5.12. The number of nitro benzene ring substituents is 1. The van der Waals surface area contributed by atoms with Crippen LogP contribution in [-0.2, 0) is 6.61 Å². The molecule has 35 heavy (non-hydrogen) atoms. The summed E-state index contributed by atoms with van der Waals surface area (Å²) in [6, 6.07) is 15.8. The molecule has 0 atom stereocenters. The Bertz CT molecular complexity index is 1510. The topological polar surface area (TPSA) is 138 Å². The molecule has 178 valence electrons. The van der Waals surface area contributed by atoms with E-state index in [-0.39, 0.29) is 12.3 Å². The summed E-state index contributed by atoms with van der Waals surface area (Å²) in [5.74, 6) is 0.964. The van der Waals surface area contributed by atoms with Crippen molar-refractivity contribution in [2.45, 2.75) is 6.61 Å². The molecule has 11 heteroatoms. The van der Waals surface area contributed by atoms with E-state index in [1.807, 2.05) is 0 Å². The minimum atomic E-state index is -0.674. The number of ether oxygens (including phenoxy) is 3. The van der Waals surface area contributed by atoms with Gasteiger partial charge in [-0.3, -0.25) is 14.9 Å². The van der Waals surface area contributed by atoms with Gasteiger partial charge in [-0.1, -0.05) is 12.1 Å². The highest BCUT2D eigenvalue weighted by molar-refractivity contribution is 5.82. The van der Waals surface area contributed by atoms with Crippen molar-refractivity contribution in [2.75, 3.05) is 14.2 Å². The number of hydrogen-bond acceptors (Lipinski definition) is 8. The average Bonchev–Trinajstić information content (AvgIpc) is 2.87. The number of benzene rings is 3. The Labute approximate surface area is 198 Å². The molecule has 0 saturated carbocycles. The maximum Gasteiger partial charge on any atom is 0.349 e. The molecule has 1 N–H and O–H groups in total. The summed E-state index contributed by atoms with van der Waals surface area (Å²) in [5.41, 5.74) is 0.374. The van der Waals surface area contributed by atoms with Gasteiger partial charge in [-0.05, 0) is 42.0 Å². The third kappa shape index (κ3) is 4.88. The molecule has 1 heterocycles. The lowest BCUT2D eigenvalue weighted by molar-refractivity contribution is -0.384. The van der Waals surface area contributed by atoms with Crippen LogP contribution in [0.25, 0.3) is 10.9 Å². The van der Waals surface area contributed by atoms with Gasteiger partial charge in [-0.25, -0.2) is 4.79 Å². The zero-order valence-electron chi connectivity index (χ0n) is 18.8. The van der Waals surface area contributed by atoms with Crippen LogP contribution >= 0.6 is 0 Å². The van der Waals surface area contributed by atoms with Gasteiger partial charge in [0.25, 0.3) is 11.2 Å². The van der Waals surface area contributed by atoms with E-state index in [1.165, 1.54) is 32.6 Å². The molecule has 3 aromatic carbocycles. The molecule has 0 bridgehead atoms. The highest BCUT2D eigenvalue weighted by atomic mass is 16.6. The van der Waals surface area contributed by atoms with Crippen LogP contribution in [0.1, 0.15) is 11.1 Å². The van der Waals surface area contributed by atoms with Crippen molar-refractivity contribution in [2.24, 2.45) is 5.10 Å². The number of H-pyrrole nitrogens is 1. The first-order valence-electron chi connectivity index (χ1n) is 10.3. The van der Waals surface area contributed by atoms with Gasteiger partial charge in [0.05, 0.1) is 36.3 Å². The number of fused-ring (bicyclic) bond motifs is 1. The standard InChI is InChI=1S/C24H20N4O7/c1-33-20-11-16(13-25-27-23(29)18-5-3-4-6-19(18)26-24(27)30)12-21(34-2)22(20)35-14-15-7-9-17(10-8-15)28(31)32/h3-13H,14H2,1-2H3,(H,26,30). The summed E-state index contributed by atoms with van der Waals surface area (Å²) in [5, 5.41) is 15.2. The number of non-ortho nitro benzene ring substituents is 1. The van der Waals surface area contributed by atoms with Gasteiger partial charge in [0, 0.05) is 17.7 Å². The zero-order valence-corrected chi connectivity index (χ0v) is 18.8. The molecule has 0 aliphatic heterocycles. The van der Waals surface area contributed by atoms with E-state index in [2.05, 4.69) is 10.1 Å². The van der Waals surface area contributed by atoms with E-state index in [0.29, 0.717) is 39.3 Å². The Morgan fingerprint density at radius 2 is 1.69 bits per heavy atom. The van der Waals surface area contributed by atoms with Crippen molar-refractivity contribution < 1.29 is 19.1 Å². The average molecular weight is 476 g/mol. The maximum atomic E-state index is 12.7. The predicted octanol–water partition coefficient (Wildman–Crippen LogP) is 3.08. The van der Waals surface area contributed by atoms with Crippen LogP contribution < -0.4 is 25.5 Å². The molecule has 4 aromatic rings. The lowest BCUT2D eigenvalue weighted by atomic mass is 10.2. The smallest absolute Gasteiger partial charge is 0.349 e. The number of nitrogens with zero attached hydrogens (tertiary/aromatic N) is 3. The summed E-state index contributed by atoms with van der Waals surface area (Å²) < 4.78 is 17.5. The van der Waals surface area contributed by atoms with Crippen LogP contribution in [0.2, 0.25) is 0 Å². The third-order valence-corrected chi connectivity index (χ3v) is 5.12. The van der Waals surface area contributed by atoms with Crippen LogP contribution in [0.4, 0.5) is 5.69 Å². The number of hydrogen-bond donors (Lipinski definition) is 1. The SMILES string of the molecule is COc1cc(C=Nn2c(=O)[nH]c3ccccc3c2=O)cc(OC)c1OCc1ccc([N+](=O)[O-])cc1. The van der Waals surface area contributed by atoms with Crippen molar-refractivity contribution in [3.05, 3.63) is 103 Å². The number of para-hydroxylation sites is 1. The van der Waals surface area contributed by atoms with Crippen LogP contribution in [0.5, 0.6) is 17.2 Å². The van der Waals surface area contributed by atoms with Crippen molar-refractivity contribution in [3.8, 4) is 17.2 Å². The minimum absolute atomic E-state index is 0.0168. The fourth-order valence-electron chi connectivity index (χ4n) is 3.37. The number of methoxy groups -OCH3 is 2. The lowest BCUT2D eigenvalue weighted by Crippen LogP contribution is -2.32. The van der Waals surface area contributed by atoms with Gasteiger partial charge < -0.3 is 19.2 Å². The van der Waals surface area contributed by atoms with Gasteiger partial charge in [0.15, 0.2) is 11.5 Å². The van der Waals surface area contributed by atoms with Gasteiger partial charge in [0.1, 0.15) is 6.61 Å². The van der Waals surface area contributed by atoms with E-state index >= 15 is 0 Å². The van der Waals surface area contributed by atoms with Crippen LogP contribution in [0.3, 0.4) is 0 Å². The monoisotopic (exact) mass is 476 g/mol. The normalized spacial score (nSPS) is 11.0. The van der Waals surface area contributed by atoms with Crippen LogP contribution in [0, 0.1) is 10.1 Å². The number of nitrogens with one attached hydrogen (secondary N) is 1. The molecule has 11 nitrogen and oxygen atoms in total. The molecule has 0 radical (unpaired) electrons. The van der Waals surface area contributed by atoms with Crippen molar-refractivity contribution in [1.29, 1.82) is 0 Å². The summed E-state index contributed by atoms with van der Waals surface area (Å²) in [6.45, 7) is 0.111. The largest absolute Gasteiger partial charge is 0.493 e. The second-order valence-corrected chi connectivity index (χ2v) is 7.30. The number of aromatic amines is 1. The summed E-state index contributed by atoms with van der Waals surface area (Å²) in [6.07, 6.45) is 1.33. The van der Waals surface area contributed by atoms with Crippen molar-refractivity contribution in [1.82, 2.24) is 9.66 Å². The molecule has 0 fully saturated rings. The minimum Gasteiger partial charge on any atom is -0.493 e.